The quantitative estimate of drug-likeness (QED) is 0.929. The average Bonchev–Trinajstić information content (AvgIpc) is 3.07. The molecule has 2 amide bonds. The number of aryl methyl sites for hydroxylation is 1. The molecule has 0 saturated carbocycles. The highest BCUT2D eigenvalue weighted by Gasteiger charge is 2.35. The Kier molecular flexibility index (Phi) is 4.85. The van der Waals surface area contributed by atoms with E-state index >= 15 is 0 Å². The molecule has 0 aromatic heterocycles. The zero-order valence-corrected chi connectivity index (χ0v) is 14.0. The molecule has 2 aromatic carbocycles. The molecular weight excluding hydrogens is 327 g/mol. The van der Waals surface area contributed by atoms with Crippen molar-refractivity contribution in [2.45, 2.75) is 13.0 Å². The number of hydrogen-bond donors (Lipinski definition) is 1. The molecule has 1 atom stereocenters. The highest BCUT2D eigenvalue weighted by atomic mass is 32.2. The first-order valence-electron chi connectivity index (χ1n) is 7.57. The lowest BCUT2D eigenvalue weighted by Crippen LogP contribution is -2.44. The molecule has 124 valence electrons. The number of rotatable bonds is 3. The van der Waals surface area contributed by atoms with Crippen molar-refractivity contribution in [1.82, 2.24) is 4.90 Å². The second kappa shape index (κ2) is 7.05. The highest BCUT2D eigenvalue weighted by molar-refractivity contribution is 7.99. The summed E-state index contributed by atoms with van der Waals surface area (Å²) in [6, 6.07) is 12.6. The van der Waals surface area contributed by atoms with Crippen LogP contribution in [0.15, 0.2) is 48.5 Å². The first-order valence-corrected chi connectivity index (χ1v) is 8.72. The van der Waals surface area contributed by atoms with Crippen LogP contribution in [0.3, 0.4) is 0 Å². The molecule has 1 heterocycles. The fraction of sp³-hybridized carbons (Fsp3) is 0.222. The van der Waals surface area contributed by atoms with E-state index in [0.717, 1.165) is 0 Å². The van der Waals surface area contributed by atoms with E-state index in [9.17, 15) is 14.0 Å². The van der Waals surface area contributed by atoms with Crippen LogP contribution in [-0.2, 0) is 4.79 Å². The minimum absolute atomic E-state index is 0.156. The zero-order valence-electron chi connectivity index (χ0n) is 13.2. The van der Waals surface area contributed by atoms with Crippen LogP contribution in [0.2, 0.25) is 0 Å². The smallest absolute Gasteiger partial charge is 0.255 e. The number of carbonyl (C=O) groups is 2. The summed E-state index contributed by atoms with van der Waals surface area (Å²) in [6.07, 6.45) is 0. The number of anilines is 1. The lowest BCUT2D eigenvalue weighted by atomic mass is 10.1. The first-order chi connectivity index (χ1) is 11.6. The summed E-state index contributed by atoms with van der Waals surface area (Å²) >= 11 is 1.54. The number of carbonyl (C=O) groups excluding carboxylic acids is 2. The number of hydrogen-bond acceptors (Lipinski definition) is 3. The predicted octanol–water partition coefficient (Wildman–Crippen LogP) is 3.29. The van der Waals surface area contributed by atoms with Crippen molar-refractivity contribution >= 4 is 29.3 Å². The summed E-state index contributed by atoms with van der Waals surface area (Å²) in [7, 11) is 0. The van der Waals surface area contributed by atoms with Gasteiger partial charge in [0.1, 0.15) is 11.9 Å². The Bertz CT molecular complexity index is 767. The topological polar surface area (TPSA) is 49.4 Å². The van der Waals surface area contributed by atoms with Crippen molar-refractivity contribution in [3.63, 3.8) is 0 Å². The highest BCUT2D eigenvalue weighted by Crippen LogP contribution is 2.25. The molecule has 1 saturated heterocycles. The monoisotopic (exact) mass is 344 g/mol. The number of amides is 2. The normalized spacial score (nSPS) is 16.9. The maximum atomic E-state index is 13.2. The number of benzene rings is 2. The molecule has 3 rings (SSSR count). The fourth-order valence-electron chi connectivity index (χ4n) is 2.59. The summed E-state index contributed by atoms with van der Waals surface area (Å²) in [5, 5.41) is 2.80. The molecule has 2 aromatic rings. The van der Waals surface area contributed by atoms with E-state index < -0.39 is 6.04 Å². The molecule has 6 heteroatoms. The molecule has 1 fully saturated rings. The van der Waals surface area contributed by atoms with Crippen molar-refractivity contribution in [2.75, 3.05) is 16.9 Å². The van der Waals surface area contributed by atoms with E-state index in [1.807, 2.05) is 6.07 Å². The second-order valence-electron chi connectivity index (χ2n) is 5.61. The number of thioether (sulfide) groups is 1. The number of halogens is 1. The number of nitrogens with zero attached hydrogens (tertiary/aromatic N) is 1. The lowest BCUT2D eigenvalue weighted by Gasteiger charge is -2.23. The van der Waals surface area contributed by atoms with Crippen molar-refractivity contribution in [2.24, 2.45) is 0 Å². The van der Waals surface area contributed by atoms with Gasteiger partial charge in [-0.25, -0.2) is 4.39 Å². The van der Waals surface area contributed by atoms with Gasteiger partial charge in [0.05, 0.1) is 5.88 Å². The van der Waals surface area contributed by atoms with E-state index in [4.69, 9.17) is 0 Å². The second-order valence-corrected chi connectivity index (χ2v) is 6.60. The Morgan fingerprint density at radius 3 is 2.67 bits per heavy atom. The molecule has 1 unspecified atom stereocenters. The Hall–Kier alpha value is -2.34. The number of nitrogens with one attached hydrogen (secondary N) is 1. The van der Waals surface area contributed by atoms with Crippen LogP contribution >= 0.6 is 11.8 Å². The Morgan fingerprint density at radius 2 is 1.96 bits per heavy atom. The van der Waals surface area contributed by atoms with Gasteiger partial charge in [-0.3, -0.25) is 9.59 Å². The molecule has 0 aliphatic carbocycles. The molecular formula is C18H17FN2O2S. The van der Waals surface area contributed by atoms with Gasteiger partial charge in [-0.05, 0) is 42.8 Å². The fourth-order valence-corrected chi connectivity index (χ4v) is 3.74. The van der Waals surface area contributed by atoms with Gasteiger partial charge < -0.3 is 10.2 Å². The SMILES string of the molecule is Cc1cc(F)ccc1NC(=O)C1CSCN1C(=O)c1ccccc1. The van der Waals surface area contributed by atoms with Gasteiger partial charge in [0.2, 0.25) is 5.91 Å². The van der Waals surface area contributed by atoms with E-state index in [1.54, 1.807) is 47.9 Å². The third-order valence-corrected chi connectivity index (χ3v) is 4.93. The van der Waals surface area contributed by atoms with Crippen LogP contribution in [0, 0.1) is 12.7 Å². The molecule has 1 N–H and O–H groups in total. The lowest BCUT2D eigenvalue weighted by molar-refractivity contribution is -0.119. The molecule has 24 heavy (non-hydrogen) atoms. The van der Waals surface area contributed by atoms with E-state index in [0.29, 0.717) is 28.4 Å². The van der Waals surface area contributed by atoms with Gasteiger partial charge >= 0.3 is 0 Å². The van der Waals surface area contributed by atoms with Crippen molar-refractivity contribution in [1.29, 1.82) is 0 Å². The zero-order chi connectivity index (χ0) is 17.1. The van der Waals surface area contributed by atoms with E-state index in [-0.39, 0.29) is 17.6 Å². The van der Waals surface area contributed by atoms with E-state index in [2.05, 4.69) is 5.32 Å². The molecule has 0 spiro atoms. The molecule has 1 aliphatic heterocycles. The summed E-state index contributed by atoms with van der Waals surface area (Å²) in [5.41, 5.74) is 1.77. The Morgan fingerprint density at radius 1 is 1.21 bits per heavy atom. The van der Waals surface area contributed by atoms with E-state index in [1.165, 1.54) is 18.2 Å². The minimum atomic E-state index is -0.535. The van der Waals surface area contributed by atoms with Gasteiger partial charge in [-0.15, -0.1) is 11.8 Å². The summed E-state index contributed by atoms with van der Waals surface area (Å²) < 4.78 is 13.2. The third kappa shape index (κ3) is 3.43. The summed E-state index contributed by atoms with van der Waals surface area (Å²) in [6.45, 7) is 1.73. The maximum absolute atomic E-state index is 13.2. The Balaban J connectivity index is 1.75. The van der Waals surface area contributed by atoms with Gasteiger partial charge in [0.25, 0.3) is 5.91 Å². The first kappa shape index (κ1) is 16.5. The molecule has 1 aliphatic rings. The van der Waals surface area contributed by atoms with Gasteiger partial charge in [0, 0.05) is 17.0 Å². The standard InChI is InChI=1S/C18H17FN2O2S/c1-12-9-14(19)7-8-15(12)20-17(22)16-10-24-11-21(16)18(23)13-5-3-2-4-6-13/h2-9,16H,10-11H2,1H3,(H,20,22). The van der Waals surface area contributed by atoms with Crippen LogP contribution in [0.5, 0.6) is 0 Å². The van der Waals surface area contributed by atoms with Crippen LogP contribution < -0.4 is 5.32 Å². The van der Waals surface area contributed by atoms with Gasteiger partial charge in [0.15, 0.2) is 0 Å². The molecule has 0 radical (unpaired) electrons. The maximum Gasteiger partial charge on any atom is 0.255 e. The van der Waals surface area contributed by atoms with Crippen LogP contribution in [0.4, 0.5) is 10.1 Å². The predicted molar refractivity (Wildman–Crippen MR) is 93.5 cm³/mol. The van der Waals surface area contributed by atoms with Gasteiger partial charge in [-0.2, -0.15) is 0 Å². The van der Waals surface area contributed by atoms with Crippen molar-refractivity contribution in [3.05, 3.63) is 65.5 Å². The van der Waals surface area contributed by atoms with Crippen LogP contribution in [0.25, 0.3) is 0 Å². The van der Waals surface area contributed by atoms with Crippen LogP contribution in [0.1, 0.15) is 15.9 Å². The summed E-state index contributed by atoms with van der Waals surface area (Å²) in [5.74, 6) is 0.275. The molecule has 4 nitrogen and oxygen atoms in total. The minimum Gasteiger partial charge on any atom is -0.324 e. The Labute approximate surface area is 144 Å². The van der Waals surface area contributed by atoms with Crippen LogP contribution in [-0.4, -0.2) is 34.4 Å². The largest absolute Gasteiger partial charge is 0.324 e. The van der Waals surface area contributed by atoms with Gasteiger partial charge in [-0.1, -0.05) is 18.2 Å². The summed E-state index contributed by atoms with van der Waals surface area (Å²) in [4.78, 5) is 26.8. The molecule has 0 bridgehead atoms. The average molecular weight is 344 g/mol. The third-order valence-electron chi connectivity index (χ3n) is 3.91. The van der Waals surface area contributed by atoms with Crippen molar-refractivity contribution in [3.8, 4) is 0 Å². The van der Waals surface area contributed by atoms with Crippen molar-refractivity contribution < 1.29 is 14.0 Å².